The molecule has 10 heteroatoms. The highest BCUT2D eigenvalue weighted by atomic mass is 16.5. The number of nitrogens with one attached hydrogen (secondary N) is 1. The molecule has 3 heterocycles. The zero-order valence-corrected chi connectivity index (χ0v) is 12.8. The predicted molar refractivity (Wildman–Crippen MR) is 84.7 cm³/mol. The summed E-state index contributed by atoms with van der Waals surface area (Å²) in [6, 6.07) is 0. The average molecular weight is 334 g/mol. The number of rotatable bonds is 3. The van der Waals surface area contributed by atoms with E-state index in [2.05, 4.69) is 26.8 Å². The fourth-order valence-electron chi connectivity index (χ4n) is 2.61. The van der Waals surface area contributed by atoms with Crippen LogP contribution < -0.4 is 17.0 Å². The molecule has 128 valence electrons. The van der Waals surface area contributed by atoms with Gasteiger partial charge in [0.2, 0.25) is 5.95 Å². The van der Waals surface area contributed by atoms with Crippen molar-refractivity contribution in [2.24, 2.45) is 5.73 Å². The first kappa shape index (κ1) is 16.4. The van der Waals surface area contributed by atoms with Gasteiger partial charge in [-0.05, 0) is 5.92 Å². The third-order valence-electron chi connectivity index (χ3n) is 3.71. The molecule has 1 saturated heterocycles. The van der Waals surface area contributed by atoms with Gasteiger partial charge in [-0.3, -0.25) is 14.3 Å². The van der Waals surface area contributed by atoms with Gasteiger partial charge in [0, 0.05) is 19.4 Å². The van der Waals surface area contributed by atoms with Gasteiger partial charge in [0.25, 0.3) is 5.56 Å². The Balaban J connectivity index is 2.15. The predicted octanol–water partition coefficient (Wildman–Crippen LogP) is -1.96. The van der Waals surface area contributed by atoms with Gasteiger partial charge < -0.3 is 26.4 Å². The number of ether oxygens (including phenoxy) is 1. The number of nitrogen functional groups attached to an aromatic ring is 1. The Morgan fingerprint density at radius 3 is 2.92 bits per heavy atom. The van der Waals surface area contributed by atoms with Crippen LogP contribution in [0.1, 0.15) is 24.9 Å². The zero-order chi connectivity index (χ0) is 17.3. The summed E-state index contributed by atoms with van der Waals surface area (Å²) < 4.78 is 7.16. The summed E-state index contributed by atoms with van der Waals surface area (Å²) in [5.41, 5.74) is 10.8. The lowest BCUT2D eigenvalue weighted by molar-refractivity contribution is -0.0434. The monoisotopic (exact) mass is 334 g/mol. The van der Waals surface area contributed by atoms with Gasteiger partial charge in [0.05, 0.1) is 12.7 Å². The van der Waals surface area contributed by atoms with E-state index in [0.717, 1.165) is 0 Å². The molecule has 0 aromatic carbocycles. The number of anilines is 1. The number of aliphatic hydroxyl groups excluding tert-OH is 2. The number of fused-ring (bicyclic) bond motifs is 1. The van der Waals surface area contributed by atoms with E-state index in [4.69, 9.17) is 16.2 Å². The minimum atomic E-state index is -0.846. The molecular weight excluding hydrogens is 316 g/mol. The van der Waals surface area contributed by atoms with E-state index < -0.39 is 24.0 Å². The second-order valence-electron chi connectivity index (χ2n) is 5.38. The molecule has 0 aliphatic carbocycles. The fraction of sp³-hybridized carbons (Fsp3) is 0.500. The van der Waals surface area contributed by atoms with Crippen LogP contribution in [0.25, 0.3) is 11.2 Å². The van der Waals surface area contributed by atoms with E-state index in [-0.39, 0.29) is 36.0 Å². The Labute approximate surface area is 136 Å². The Bertz CT molecular complexity index is 864. The zero-order valence-electron chi connectivity index (χ0n) is 12.8. The molecular formula is C14H18N6O4. The molecule has 1 aliphatic heterocycles. The summed E-state index contributed by atoms with van der Waals surface area (Å²) in [4.78, 5) is 22.7. The number of aliphatic hydroxyl groups is 2. The lowest BCUT2D eigenvalue weighted by atomic mass is 10.2. The molecule has 2 aromatic rings. The second kappa shape index (κ2) is 6.58. The number of hydrogen-bond acceptors (Lipinski definition) is 8. The van der Waals surface area contributed by atoms with Gasteiger partial charge in [-0.15, -0.1) is 0 Å². The molecule has 2 aromatic heterocycles. The van der Waals surface area contributed by atoms with E-state index in [1.165, 1.54) is 4.57 Å². The normalized spacial score (nSPS) is 23.4. The minimum absolute atomic E-state index is 0.0626. The Hall–Kier alpha value is -2.45. The van der Waals surface area contributed by atoms with Crippen molar-refractivity contribution in [3.05, 3.63) is 16.2 Å². The van der Waals surface area contributed by atoms with Crippen LogP contribution in [-0.2, 0) is 4.74 Å². The average Bonchev–Trinajstić information content (AvgIpc) is 3.07. The van der Waals surface area contributed by atoms with Gasteiger partial charge in [-0.1, -0.05) is 5.92 Å². The fourth-order valence-corrected chi connectivity index (χ4v) is 2.61. The lowest BCUT2D eigenvalue weighted by Gasteiger charge is -2.14. The second-order valence-corrected chi connectivity index (χ2v) is 5.38. The minimum Gasteiger partial charge on any atom is -0.394 e. The summed E-state index contributed by atoms with van der Waals surface area (Å²) in [7, 11) is 0. The number of H-pyrrole nitrogens is 1. The highest BCUT2D eigenvalue weighted by Crippen LogP contribution is 2.31. The largest absolute Gasteiger partial charge is 0.394 e. The van der Waals surface area contributed by atoms with Crippen molar-refractivity contribution in [1.29, 1.82) is 0 Å². The molecule has 7 N–H and O–H groups in total. The Morgan fingerprint density at radius 2 is 2.25 bits per heavy atom. The first-order valence-corrected chi connectivity index (χ1v) is 7.46. The number of nitrogens with zero attached hydrogens (tertiary/aromatic N) is 3. The lowest BCUT2D eigenvalue weighted by Crippen LogP contribution is -2.24. The van der Waals surface area contributed by atoms with Crippen LogP contribution in [0.5, 0.6) is 0 Å². The van der Waals surface area contributed by atoms with Crippen molar-refractivity contribution in [2.45, 2.75) is 31.3 Å². The van der Waals surface area contributed by atoms with Gasteiger partial charge in [0.1, 0.15) is 12.3 Å². The number of hydrogen-bond donors (Lipinski definition) is 5. The van der Waals surface area contributed by atoms with Crippen LogP contribution in [0.4, 0.5) is 5.95 Å². The van der Waals surface area contributed by atoms with Gasteiger partial charge >= 0.3 is 0 Å². The summed E-state index contributed by atoms with van der Waals surface area (Å²) in [6.45, 7) is 0.0683. The topological polar surface area (TPSA) is 165 Å². The van der Waals surface area contributed by atoms with Crippen LogP contribution in [0.2, 0.25) is 0 Å². The maximum absolute atomic E-state index is 12.0. The van der Waals surface area contributed by atoms with E-state index in [9.17, 15) is 15.0 Å². The molecule has 1 fully saturated rings. The molecule has 10 nitrogen and oxygen atoms in total. The van der Waals surface area contributed by atoms with Gasteiger partial charge in [0.15, 0.2) is 17.0 Å². The standard InChI is InChI=1S/C14H18N6O4/c15-4-2-1-3-9-17-11-12(18-14(16)19-13(11)23)20(9)10-5-7(22)8(6-21)24-10/h7-8,10,21-22H,2,4-6,15H2,(H3,16,18,19,23)/t7-,8+,10+/m0/s1. The van der Waals surface area contributed by atoms with Crippen LogP contribution >= 0.6 is 0 Å². The maximum atomic E-state index is 12.0. The SMILES string of the molecule is NCCC#Cc1nc2c(=O)[nH]c(N)nc2n1[C@H]1C[C@H](O)[C@@H](CO)O1. The van der Waals surface area contributed by atoms with Crippen molar-refractivity contribution in [1.82, 2.24) is 19.5 Å². The van der Waals surface area contributed by atoms with Crippen molar-refractivity contribution < 1.29 is 14.9 Å². The van der Waals surface area contributed by atoms with Gasteiger partial charge in [-0.2, -0.15) is 4.98 Å². The smallest absolute Gasteiger partial charge is 0.280 e. The van der Waals surface area contributed by atoms with Crippen LogP contribution in [0, 0.1) is 11.8 Å². The summed E-state index contributed by atoms with van der Waals surface area (Å²) in [5.74, 6) is 5.89. The molecule has 3 rings (SSSR count). The molecule has 0 saturated carbocycles. The molecule has 1 aliphatic rings. The summed E-state index contributed by atoms with van der Waals surface area (Å²) in [6.07, 6.45) is -1.57. The van der Waals surface area contributed by atoms with E-state index in [1.54, 1.807) is 0 Å². The highest BCUT2D eigenvalue weighted by molar-refractivity contribution is 5.72. The molecule has 0 bridgehead atoms. The van der Waals surface area contributed by atoms with Crippen molar-refractivity contribution in [3.63, 3.8) is 0 Å². The van der Waals surface area contributed by atoms with Crippen molar-refractivity contribution >= 4 is 17.1 Å². The number of aromatic nitrogens is 4. The Morgan fingerprint density at radius 1 is 1.46 bits per heavy atom. The molecule has 0 amide bonds. The summed E-state index contributed by atoms with van der Waals surface area (Å²) >= 11 is 0. The van der Waals surface area contributed by atoms with Crippen molar-refractivity contribution in [2.75, 3.05) is 18.9 Å². The van der Waals surface area contributed by atoms with E-state index in [1.807, 2.05) is 0 Å². The maximum Gasteiger partial charge on any atom is 0.280 e. The van der Waals surface area contributed by atoms with Crippen molar-refractivity contribution in [3.8, 4) is 11.8 Å². The molecule has 3 atom stereocenters. The number of nitrogens with two attached hydrogens (primary N) is 2. The van der Waals surface area contributed by atoms with Crippen LogP contribution in [0.3, 0.4) is 0 Å². The molecule has 0 radical (unpaired) electrons. The molecule has 24 heavy (non-hydrogen) atoms. The van der Waals surface area contributed by atoms with Gasteiger partial charge in [-0.25, -0.2) is 4.98 Å². The first-order valence-electron chi connectivity index (χ1n) is 7.46. The third-order valence-corrected chi connectivity index (χ3v) is 3.71. The highest BCUT2D eigenvalue weighted by Gasteiger charge is 2.36. The number of imidazole rings is 1. The first-order chi connectivity index (χ1) is 11.5. The van der Waals surface area contributed by atoms with Crippen LogP contribution in [-0.4, -0.2) is 55.1 Å². The number of aromatic amines is 1. The van der Waals surface area contributed by atoms with E-state index in [0.29, 0.717) is 13.0 Å². The Kier molecular flexibility index (Phi) is 4.50. The van der Waals surface area contributed by atoms with E-state index >= 15 is 0 Å². The molecule has 0 spiro atoms. The van der Waals surface area contributed by atoms with Crippen LogP contribution in [0.15, 0.2) is 4.79 Å². The molecule has 0 unspecified atom stereocenters. The summed E-state index contributed by atoms with van der Waals surface area (Å²) in [5, 5.41) is 19.2. The quantitative estimate of drug-likeness (QED) is 0.404. The third kappa shape index (κ3) is 2.85.